The molecule has 1 aromatic carbocycles. The summed E-state index contributed by atoms with van der Waals surface area (Å²) in [4.78, 5) is 23.1. The van der Waals surface area contributed by atoms with E-state index in [0.29, 0.717) is 0 Å². The third kappa shape index (κ3) is 5.03. The predicted octanol–water partition coefficient (Wildman–Crippen LogP) is 5.63. The van der Waals surface area contributed by atoms with Crippen molar-refractivity contribution in [2.24, 2.45) is 0 Å². The summed E-state index contributed by atoms with van der Waals surface area (Å²) in [5.74, 6) is -4.12. The summed E-state index contributed by atoms with van der Waals surface area (Å²) in [6.07, 6.45) is -5.64. The molecule has 132 valence electrons. The first kappa shape index (κ1) is 21.1. The minimum Gasteiger partial charge on any atom is -0.459 e. The largest absolute Gasteiger partial charge is 0.459 e. The van der Waals surface area contributed by atoms with E-state index in [4.69, 9.17) is 16.3 Å². The summed E-state index contributed by atoms with van der Waals surface area (Å²) >= 11 is 11.0. The van der Waals surface area contributed by atoms with Crippen LogP contribution < -0.4 is 0 Å². The molecule has 0 aliphatic heterocycles. The Morgan fingerprint density at radius 3 is 2.17 bits per heavy atom. The molecule has 0 heterocycles. The number of esters is 1. The Bertz CT molecular complexity index is 715. The van der Waals surface area contributed by atoms with E-state index in [2.05, 4.69) is 31.9 Å². The monoisotopic (exact) mass is 494 g/mol. The van der Waals surface area contributed by atoms with Gasteiger partial charge in [-0.2, -0.15) is 13.2 Å². The number of halogens is 7. The van der Waals surface area contributed by atoms with Crippen LogP contribution in [-0.4, -0.2) is 24.0 Å². The van der Waals surface area contributed by atoms with Gasteiger partial charge in [-0.05, 0) is 57.8 Å². The van der Waals surface area contributed by atoms with Crippen molar-refractivity contribution < 1.29 is 31.9 Å². The maximum Gasteiger partial charge on any atom is 0.455 e. The second-order valence-electron chi connectivity index (χ2n) is 4.72. The van der Waals surface area contributed by atoms with Gasteiger partial charge in [0, 0.05) is 10.0 Å². The standard InChI is InChI=1S/C14H9Br2ClF4O3/c1-5(2)24-13(23)6-3-7(9(18)4-8(6)17)10(15)11(16)12(22)14(19,20)21/h3-5H,1-2H3/b11-10+. The molecule has 0 aliphatic rings. The zero-order chi connectivity index (χ0) is 18.8. The van der Waals surface area contributed by atoms with Crippen LogP contribution >= 0.6 is 43.5 Å². The number of hydrogen-bond donors (Lipinski definition) is 0. The summed E-state index contributed by atoms with van der Waals surface area (Å²) in [6.45, 7) is 3.15. The molecular formula is C14H9Br2ClF4O3. The van der Waals surface area contributed by atoms with Gasteiger partial charge in [-0.1, -0.05) is 11.6 Å². The van der Waals surface area contributed by atoms with Gasteiger partial charge < -0.3 is 4.74 Å². The number of hydrogen-bond acceptors (Lipinski definition) is 3. The fourth-order valence-electron chi connectivity index (χ4n) is 1.49. The van der Waals surface area contributed by atoms with Crippen LogP contribution in [0.3, 0.4) is 0 Å². The molecule has 24 heavy (non-hydrogen) atoms. The molecule has 1 aromatic rings. The number of carbonyl (C=O) groups is 2. The zero-order valence-electron chi connectivity index (χ0n) is 12.1. The molecule has 0 saturated heterocycles. The highest BCUT2D eigenvalue weighted by Gasteiger charge is 2.41. The molecule has 0 spiro atoms. The fourth-order valence-corrected chi connectivity index (χ4v) is 2.64. The third-order valence-electron chi connectivity index (χ3n) is 2.51. The van der Waals surface area contributed by atoms with Crippen molar-refractivity contribution in [2.45, 2.75) is 26.1 Å². The van der Waals surface area contributed by atoms with E-state index >= 15 is 0 Å². The molecule has 10 heteroatoms. The van der Waals surface area contributed by atoms with Crippen molar-refractivity contribution in [1.82, 2.24) is 0 Å². The van der Waals surface area contributed by atoms with Gasteiger partial charge >= 0.3 is 12.1 Å². The molecular weight excluding hydrogens is 487 g/mol. The summed E-state index contributed by atoms with van der Waals surface area (Å²) in [6, 6.07) is 1.64. The van der Waals surface area contributed by atoms with Crippen LogP contribution in [0.5, 0.6) is 0 Å². The molecule has 3 nitrogen and oxygen atoms in total. The Morgan fingerprint density at radius 2 is 1.71 bits per heavy atom. The maximum atomic E-state index is 14.0. The lowest BCUT2D eigenvalue weighted by Gasteiger charge is -2.12. The second kappa shape index (κ2) is 7.97. The van der Waals surface area contributed by atoms with E-state index in [-0.39, 0.29) is 10.6 Å². The van der Waals surface area contributed by atoms with Crippen molar-refractivity contribution >= 4 is 59.7 Å². The number of ketones is 1. The van der Waals surface area contributed by atoms with Crippen LogP contribution in [0.15, 0.2) is 16.6 Å². The van der Waals surface area contributed by atoms with E-state index in [1.54, 1.807) is 13.8 Å². The molecule has 0 unspecified atom stereocenters. The Balaban J connectivity index is 3.44. The Kier molecular flexibility index (Phi) is 7.01. The minimum atomic E-state index is -5.15. The van der Waals surface area contributed by atoms with E-state index in [1.165, 1.54) is 0 Å². The first-order valence-corrected chi connectivity index (χ1v) is 8.19. The quantitative estimate of drug-likeness (QED) is 0.308. The highest BCUT2D eigenvalue weighted by molar-refractivity contribution is 9.16. The van der Waals surface area contributed by atoms with E-state index in [0.717, 1.165) is 12.1 Å². The summed E-state index contributed by atoms with van der Waals surface area (Å²) in [5.41, 5.74) is -0.710. The lowest BCUT2D eigenvalue weighted by atomic mass is 10.1. The molecule has 0 aromatic heterocycles. The summed E-state index contributed by atoms with van der Waals surface area (Å²) < 4.78 is 54.9. The number of rotatable bonds is 4. The molecule has 0 saturated carbocycles. The molecule has 0 bridgehead atoms. The maximum absolute atomic E-state index is 14.0. The number of ether oxygens (including phenoxy) is 1. The van der Waals surface area contributed by atoms with Gasteiger partial charge in [0.2, 0.25) is 0 Å². The van der Waals surface area contributed by atoms with E-state index in [9.17, 15) is 27.2 Å². The lowest BCUT2D eigenvalue weighted by molar-refractivity contribution is -0.165. The van der Waals surface area contributed by atoms with Gasteiger partial charge in [-0.25, -0.2) is 9.18 Å². The third-order valence-corrected chi connectivity index (χ3v) is 4.93. The smallest absolute Gasteiger partial charge is 0.455 e. The van der Waals surface area contributed by atoms with E-state index in [1.807, 2.05) is 0 Å². The second-order valence-corrected chi connectivity index (χ2v) is 6.71. The number of carbonyl (C=O) groups excluding carboxylic acids is 2. The van der Waals surface area contributed by atoms with Crippen molar-refractivity contribution in [2.75, 3.05) is 0 Å². The van der Waals surface area contributed by atoms with Crippen LogP contribution in [-0.2, 0) is 9.53 Å². The molecule has 1 rings (SSSR count). The average Bonchev–Trinajstić information content (AvgIpc) is 2.43. The van der Waals surface area contributed by atoms with Crippen molar-refractivity contribution in [3.63, 3.8) is 0 Å². The van der Waals surface area contributed by atoms with Gasteiger partial charge in [0.05, 0.1) is 21.2 Å². The van der Waals surface area contributed by atoms with Crippen molar-refractivity contribution in [1.29, 1.82) is 0 Å². The minimum absolute atomic E-state index is 0.251. The van der Waals surface area contributed by atoms with Crippen LogP contribution in [0.4, 0.5) is 17.6 Å². The van der Waals surface area contributed by atoms with Gasteiger partial charge in [-0.3, -0.25) is 4.79 Å². The SMILES string of the molecule is CC(C)OC(=O)c1cc(/C(Br)=C(\Br)C(=O)C(F)(F)F)c(F)cc1Cl. The first-order valence-electron chi connectivity index (χ1n) is 6.23. The Hall–Kier alpha value is -0.930. The summed E-state index contributed by atoms with van der Waals surface area (Å²) in [7, 11) is 0. The van der Waals surface area contributed by atoms with Crippen LogP contribution in [0, 0.1) is 5.82 Å². The predicted molar refractivity (Wildman–Crippen MR) is 87.8 cm³/mol. The highest BCUT2D eigenvalue weighted by Crippen LogP contribution is 2.36. The van der Waals surface area contributed by atoms with Crippen molar-refractivity contribution in [3.05, 3.63) is 38.6 Å². The number of benzene rings is 1. The molecule has 0 fully saturated rings. The Labute approximate surface area is 156 Å². The van der Waals surface area contributed by atoms with Crippen molar-refractivity contribution in [3.8, 4) is 0 Å². The molecule has 0 radical (unpaired) electrons. The average molecular weight is 496 g/mol. The topological polar surface area (TPSA) is 43.4 Å². The van der Waals surface area contributed by atoms with Gasteiger partial charge in [0.25, 0.3) is 5.78 Å². The highest BCUT2D eigenvalue weighted by atomic mass is 79.9. The van der Waals surface area contributed by atoms with Crippen LogP contribution in [0.25, 0.3) is 4.48 Å². The molecule has 0 amide bonds. The normalized spacial score (nSPS) is 12.9. The Morgan fingerprint density at radius 1 is 1.17 bits per heavy atom. The van der Waals surface area contributed by atoms with E-state index < -0.39 is 44.4 Å². The zero-order valence-corrected chi connectivity index (χ0v) is 16.0. The van der Waals surface area contributed by atoms with Gasteiger partial charge in [0.15, 0.2) is 0 Å². The molecule has 0 N–H and O–H groups in total. The fraction of sp³-hybridized carbons (Fsp3) is 0.286. The number of alkyl halides is 3. The molecule has 0 atom stereocenters. The van der Waals surface area contributed by atoms with Crippen LogP contribution in [0.2, 0.25) is 5.02 Å². The lowest BCUT2D eigenvalue weighted by Crippen LogP contribution is -2.23. The number of Topliss-reactive ketones (excluding diaryl/α,β-unsaturated/α-hetero) is 1. The molecule has 0 aliphatic carbocycles. The van der Waals surface area contributed by atoms with Gasteiger partial charge in [-0.15, -0.1) is 0 Å². The first-order chi connectivity index (χ1) is 10.9. The number of allylic oxidation sites excluding steroid dienone is 1. The van der Waals surface area contributed by atoms with Gasteiger partial charge in [0.1, 0.15) is 5.82 Å². The summed E-state index contributed by atoms with van der Waals surface area (Å²) in [5, 5.41) is -0.277. The van der Waals surface area contributed by atoms with Crippen LogP contribution in [0.1, 0.15) is 29.8 Å².